The quantitative estimate of drug-likeness (QED) is 0.773. The van der Waals surface area contributed by atoms with Crippen molar-refractivity contribution < 1.29 is 0 Å². The Bertz CT molecular complexity index is 400. The molecule has 0 spiro atoms. The van der Waals surface area contributed by atoms with Gasteiger partial charge in [-0.15, -0.1) is 12.4 Å². The van der Waals surface area contributed by atoms with E-state index >= 15 is 0 Å². The normalized spacial score (nSPS) is 17.2. The van der Waals surface area contributed by atoms with Gasteiger partial charge >= 0.3 is 0 Å². The van der Waals surface area contributed by atoms with Crippen LogP contribution in [-0.4, -0.2) is 25.5 Å². The SMILES string of the molecule is CN(C)CCC1(c2ccc(Cl)c(Cl)c2)CCC1.Cl. The number of rotatable bonds is 4. The second-order valence-electron chi connectivity index (χ2n) is 5.32. The summed E-state index contributed by atoms with van der Waals surface area (Å²) >= 11 is 12.1. The molecule has 1 saturated carbocycles. The van der Waals surface area contributed by atoms with Crippen molar-refractivity contribution in [2.24, 2.45) is 0 Å². The standard InChI is InChI=1S/C14H19Cl2N.ClH/c1-17(2)9-8-14(6-3-7-14)11-4-5-12(15)13(16)10-11;/h4-5,10H,3,6-9H2,1-2H3;1H. The lowest BCUT2D eigenvalue weighted by atomic mass is 9.62. The summed E-state index contributed by atoms with van der Waals surface area (Å²) in [6, 6.07) is 6.12. The van der Waals surface area contributed by atoms with Gasteiger partial charge in [-0.25, -0.2) is 0 Å². The van der Waals surface area contributed by atoms with Crippen LogP contribution in [0.1, 0.15) is 31.2 Å². The predicted octanol–water partition coefficient (Wildman–Crippen LogP) is 4.79. The summed E-state index contributed by atoms with van der Waals surface area (Å²) in [7, 11) is 4.25. The Morgan fingerprint density at radius 2 is 1.83 bits per heavy atom. The number of halogens is 3. The Morgan fingerprint density at radius 1 is 1.17 bits per heavy atom. The molecule has 1 aliphatic rings. The van der Waals surface area contributed by atoms with Crippen LogP contribution < -0.4 is 0 Å². The van der Waals surface area contributed by atoms with Gasteiger partial charge in [0.1, 0.15) is 0 Å². The van der Waals surface area contributed by atoms with Gasteiger partial charge in [-0.05, 0) is 63.0 Å². The number of hydrogen-bond donors (Lipinski definition) is 0. The molecule has 0 unspecified atom stereocenters. The molecule has 1 aromatic rings. The van der Waals surface area contributed by atoms with Crippen molar-refractivity contribution in [3.63, 3.8) is 0 Å². The number of nitrogens with zero attached hydrogens (tertiary/aromatic N) is 1. The van der Waals surface area contributed by atoms with Crippen LogP contribution in [0.4, 0.5) is 0 Å². The molecular weight excluding hydrogens is 289 g/mol. The molecule has 1 nitrogen and oxygen atoms in total. The van der Waals surface area contributed by atoms with E-state index in [4.69, 9.17) is 23.2 Å². The highest BCUT2D eigenvalue weighted by atomic mass is 35.5. The summed E-state index contributed by atoms with van der Waals surface area (Å²) in [5.74, 6) is 0. The lowest BCUT2D eigenvalue weighted by Gasteiger charge is -2.43. The molecule has 4 heteroatoms. The van der Waals surface area contributed by atoms with Gasteiger partial charge in [0.2, 0.25) is 0 Å². The molecule has 0 N–H and O–H groups in total. The third kappa shape index (κ3) is 3.33. The summed E-state index contributed by atoms with van der Waals surface area (Å²) in [6.45, 7) is 1.13. The fourth-order valence-electron chi connectivity index (χ4n) is 2.55. The van der Waals surface area contributed by atoms with Crippen molar-refractivity contribution >= 4 is 35.6 Å². The van der Waals surface area contributed by atoms with E-state index in [1.165, 1.54) is 31.2 Å². The van der Waals surface area contributed by atoms with Gasteiger partial charge in [0.25, 0.3) is 0 Å². The fourth-order valence-corrected chi connectivity index (χ4v) is 2.85. The first-order valence-electron chi connectivity index (χ1n) is 6.14. The van der Waals surface area contributed by atoms with Crippen LogP contribution in [-0.2, 0) is 5.41 Å². The van der Waals surface area contributed by atoms with Crippen molar-refractivity contribution in [1.82, 2.24) is 4.90 Å². The maximum atomic E-state index is 6.12. The van der Waals surface area contributed by atoms with E-state index < -0.39 is 0 Å². The van der Waals surface area contributed by atoms with Gasteiger partial charge in [-0.1, -0.05) is 35.7 Å². The van der Waals surface area contributed by atoms with Crippen molar-refractivity contribution in [2.75, 3.05) is 20.6 Å². The van der Waals surface area contributed by atoms with Crippen LogP contribution in [0.2, 0.25) is 10.0 Å². The van der Waals surface area contributed by atoms with E-state index in [2.05, 4.69) is 31.1 Å². The summed E-state index contributed by atoms with van der Waals surface area (Å²) in [5.41, 5.74) is 1.71. The van der Waals surface area contributed by atoms with Crippen LogP contribution in [0.3, 0.4) is 0 Å². The zero-order chi connectivity index (χ0) is 12.5. The molecule has 102 valence electrons. The van der Waals surface area contributed by atoms with Crippen LogP contribution in [0, 0.1) is 0 Å². The molecule has 18 heavy (non-hydrogen) atoms. The zero-order valence-corrected chi connectivity index (χ0v) is 13.2. The molecule has 0 saturated heterocycles. The summed E-state index contributed by atoms with van der Waals surface area (Å²) in [6.07, 6.45) is 5.09. The summed E-state index contributed by atoms with van der Waals surface area (Å²) in [5, 5.41) is 1.33. The highest BCUT2D eigenvalue weighted by molar-refractivity contribution is 6.42. The number of benzene rings is 1. The largest absolute Gasteiger partial charge is 0.309 e. The highest BCUT2D eigenvalue weighted by Gasteiger charge is 2.38. The van der Waals surface area contributed by atoms with E-state index in [9.17, 15) is 0 Å². The molecule has 0 atom stereocenters. The molecule has 1 aromatic carbocycles. The Labute approximate surface area is 126 Å². The second-order valence-corrected chi connectivity index (χ2v) is 6.13. The zero-order valence-electron chi connectivity index (χ0n) is 10.9. The summed E-state index contributed by atoms with van der Waals surface area (Å²) in [4.78, 5) is 2.25. The molecule has 0 bridgehead atoms. The van der Waals surface area contributed by atoms with Crippen LogP contribution >= 0.6 is 35.6 Å². The second kappa shape index (κ2) is 6.47. The lowest BCUT2D eigenvalue weighted by Crippen LogP contribution is -2.37. The fraction of sp³-hybridized carbons (Fsp3) is 0.571. The molecule has 1 fully saturated rings. The van der Waals surface area contributed by atoms with E-state index in [1.54, 1.807) is 0 Å². The van der Waals surface area contributed by atoms with Crippen LogP contribution in [0.5, 0.6) is 0 Å². The van der Waals surface area contributed by atoms with Crippen molar-refractivity contribution in [3.05, 3.63) is 33.8 Å². The van der Waals surface area contributed by atoms with E-state index in [-0.39, 0.29) is 12.4 Å². The maximum absolute atomic E-state index is 6.12. The first-order valence-corrected chi connectivity index (χ1v) is 6.89. The van der Waals surface area contributed by atoms with E-state index in [1.807, 2.05) is 6.07 Å². The van der Waals surface area contributed by atoms with Crippen molar-refractivity contribution in [1.29, 1.82) is 0 Å². The van der Waals surface area contributed by atoms with Gasteiger partial charge in [0.05, 0.1) is 10.0 Å². The maximum Gasteiger partial charge on any atom is 0.0595 e. The Morgan fingerprint density at radius 3 is 2.28 bits per heavy atom. The topological polar surface area (TPSA) is 3.24 Å². The predicted molar refractivity (Wildman–Crippen MR) is 82.4 cm³/mol. The van der Waals surface area contributed by atoms with Gasteiger partial charge in [-0.3, -0.25) is 0 Å². The first kappa shape index (κ1) is 16.1. The minimum Gasteiger partial charge on any atom is -0.309 e. The minimum atomic E-state index is 0. The smallest absolute Gasteiger partial charge is 0.0595 e. The molecule has 0 aromatic heterocycles. The summed E-state index contributed by atoms with van der Waals surface area (Å²) < 4.78 is 0. The average Bonchev–Trinajstić information content (AvgIpc) is 2.21. The Hall–Kier alpha value is 0.0500. The van der Waals surface area contributed by atoms with Crippen molar-refractivity contribution in [2.45, 2.75) is 31.1 Å². The van der Waals surface area contributed by atoms with Gasteiger partial charge in [-0.2, -0.15) is 0 Å². The highest BCUT2D eigenvalue weighted by Crippen LogP contribution is 2.47. The van der Waals surface area contributed by atoms with E-state index in [0.29, 0.717) is 15.5 Å². The van der Waals surface area contributed by atoms with Crippen LogP contribution in [0.25, 0.3) is 0 Å². The molecule has 0 amide bonds. The molecule has 2 rings (SSSR count). The Balaban J connectivity index is 0.00000162. The van der Waals surface area contributed by atoms with Crippen LogP contribution in [0.15, 0.2) is 18.2 Å². The molecular formula is C14H20Cl3N. The monoisotopic (exact) mass is 307 g/mol. The molecule has 1 aliphatic carbocycles. The molecule has 0 heterocycles. The molecule has 0 aliphatic heterocycles. The van der Waals surface area contributed by atoms with Gasteiger partial charge < -0.3 is 4.90 Å². The van der Waals surface area contributed by atoms with E-state index in [0.717, 1.165) is 6.54 Å². The minimum absolute atomic E-state index is 0. The Kier molecular flexibility index (Phi) is 5.79. The van der Waals surface area contributed by atoms with Gasteiger partial charge in [0, 0.05) is 0 Å². The average molecular weight is 309 g/mol. The number of hydrogen-bond acceptors (Lipinski definition) is 1. The van der Waals surface area contributed by atoms with Crippen molar-refractivity contribution in [3.8, 4) is 0 Å². The van der Waals surface area contributed by atoms with Gasteiger partial charge in [0.15, 0.2) is 0 Å². The third-order valence-electron chi connectivity index (χ3n) is 3.88. The first-order chi connectivity index (χ1) is 8.03. The molecule has 0 radical (unpaired) electrons. The lowest BCUT2D eigenvalue weighted by molar-refractivity contribution is 0.201. The third-order valence-corrected chi connectivity index (χ3v) is 4.62.